The largest absolute Gasteiger partial charge is 0.399 e. The molecule has 0 aliphatic heterocycles. The van der Waals surface area contributed by atoms with Gasteiger partial charge in [0.2, 0.25) is 0 Å². The van der Waals surface area contributed by atoms with Crippen LogP contribution in [-0.4, -0.2) is 13.0 Å². The van der Waals surface area contributed by atoms with Crippen LogP contribution in [0, 0.1) is 5.82 Å². The summed E-state index contributed by atoms with van der Waals surface area (Å²) in [6, 6.07) is 9.06. The van der Waals surface area contributed by atoms with Gasteiger partial charge in [-0.25, -0.2) is 4.39 Å². The Kier molecular flexibility index (Phi) is 3.81. The van der Waals surface area contributed by atoms with E-state index in [0.717, 1.165) is 0 Å². The van der Waals surface area contributed by atoms with Crippen LogP contribution in [-0.2, 0) is 0 Å². The van der Waals surface area contributed by atoms with Crippen molar-refractivity contribution >= 4 is 34.6 Å². The Hall–Kier alpha value is -2.27. The standard InChI is InChI=1S/C14H13ClFN3O/c1-19(12-5-3-2-4-11(12)16)13-9(14(18)20)6-8(17)7-10(13)15/h2-7H,17H2,1H3,(H2,18,20). The lowest BCUT2D eigenvalue weighted by molar-refractivity contribution is 0.100. The van der Waals surface area contributed by atoms with E-state index >= 15 is 0 Å². The van der Waals surface area contributed by atoms with E-state index in [4.69, 9.17) is 23.1 Å². The van der Waals surface area contributed by atoms with Gasteiger partial charge in [0.25, 0.3) is 5.91 Å². The minimum Gasteiger partial charge on any atom is -0.399 e. The summed E-state index contributed by atoms with van der Waals surface area (Å²) in [4.78, 5) is 13.0. The van der Waals surface area contributed by atoms with Crippen molar-refractivity contribution < 1.29 is 9.18 Å². The van der Waals surface area contributed by atoms with E-state index in [9.17, 15) is 9.18 Å². The molecule has 0 saturated heterocycles. The van der Waals surface area contributed by atoms with Crippen LogP contribution in [0.15, 0.2) is 36.4 Å². The van der Waals surface area contributed by atoms with Crippen molar-refractivity contribution in [2.24, 2.45) is 5.73 Å². The van der Waals surface area contributed by atoms with Crippen LogP contribution in [0.3, 0.4) is 0 Å². The minimum absolute atomic E-state index is 0.140. The number of carbonyl (C=O) groups excluding carboxylic acids is 1. The van der Waals surface area contributed by atoms with Crippen molar-refractivity contribution in [1.82, 2.24) is 0 Å². The number of amides is 1. The number of anilines is 3. The average molecular weight is 294 g/mol. The number of rotatable bonds is 3. The van der Waals surface area contributed by atoms with Gasteiger partial charge in [0.15, 0.2) is 0 Å². The Balaban J connectivity index is 2.63. The SMILES string of the molecule is CN(c1ccccc1F)c1c(Cl)cc(N)cc1C(N)=O. The summed E-state index contributed by atoms with van der Waals surface area (Å²) < 4.78 is 13.8. The molecule has 4 nitrogen and oxygen atoms in total. The minimum atomic E-state index is -0.683. The van der Waals surface area contributed by atoms with Gasteiger partial charge >= 0.3 is 0 Å². The van der Waals surface area contributed by atoms with E-state index in [1.54, 1.807) is 25.2 Å². The molecular weight excluding hydrogens is 281 g/mol. The summed E-state index contributed by atoms with van der Waals surface area (Å²) in [6.07, 6.45) is 0. The third-order valence-corrected chi connectivity index (χ3v) is 3.19. The lowest BCUT2D eigenvalue weighted by Crippen LogP contribution is -2.20. The van der Waals surface area contributed by atoms with E-state index in [0.29, 0.717) is 11.4 Å². The van der Waals surface area contributed by atoms with Crippen molar-refractivity contribution in [2.75, 3.05) is 17.7 Å². The van der Waals surface area contributed by atoms with Gasteiger partial charge in [-0.1, -0.05) is 23.7 Å². The number of halogens is 2. The third-order valence-electron chi connectivity index (χ3n) is 2.90. The molecule has 6 heteroatoms. The first-order valence-corrected chi connectivity index (χ1v) is 6.16. The van der Waals surface area contributed by atoms with E-state index in [-0.39, 0.29) is 16.3 Å². The van der Waals surface area contributed by atoms with Gasteiger partial charge < -0.3 is 16.4 Å². The molecule has 0 aliphatic rings. The highest BCUT2D eigenvalue weighted by Gasteiger charge is 2.19. The monoisotopic (exact) mass is 293 g/mol. The predicted molar refractivity (Wildman–Crippen MR) is 78.8 cm³/mol. The molecule has 0 radical (unpaired) electrons. The smallest absolute Gasteiger partial charge is 0.250 e. The van der Waals surface area contributed by atoms with Crippen molar-refractivity contribution in [1.29, 1.82) is 0 Å². The molecule has 0 unspecified atom stereocenters. The zero-order valence-corrected chi connectivity index (χ0v) is 11.5. The maximum atomic E-state index is 13.8. The molecule has 20 heavy (non-hydrogen) atoms. The highest BCUT2D eigenvalue weighted by Crippen LogP contribution is 2.36. The van der Waals surface area contributed by atoms with E-state index in [2.05, 4.69) is 0 Å². The predicted octanol–water partition coefficient (Wildman–Crippen LogP) is 2.93. The van der Waals surface area contributed by atoms with Gasteiger partial charge in [0.05, 0.1) is 22.0 Å². The highest BCUT2D eigenvalue weighted by atomic mass is 35.5. The number of nitrogens with zero attached hydrogens (tertiary/aromatic N) is 1. The van der Waals surface area contributed by atoms with Crippen LogP contribution in [0.5, 0.6) is 0 Å². The molecule has 0 atom stereocenters. The third kappa shape index (κ3) is 2.53. The Bertz CT molecular complexity index is 675. The molecule has 0 heterocycles. The van der Waals surface area contributed by atoms with Crippen molar-refractivity contribution in [2.45, 2.75) is 0 Å². The summed E-state index contributed by atoms with van der Waals surface area (Å²) >= 11 is 6.12. The molecule has 0 aliphatic carbocycles. The molecule has 0 spiro atoms. The summed E-state index contributed by atoms with van der Waals surface area (Å²) in [5.41, 5.74) is 12.0. The number of benzene rings is 2. The number of hydrogen-bond acceptors (Lipinski definition) is 3. The number of hydrogen-bond donors (Lipinski definition) is 2. The lowest BCUT2D eigenvalue weighted by Gasteiger charge is -2.23. The maximum Gasteiger partial charge on any atom is 0.250 e. The second-order valence-corrected chi connectivity index (χ2v) is 4.68. The quantitative estimate of drug-likeness (QED) is 0.855. The Labute approximate surface area is 120 Å². The van der Waals surface area contributed by atoms with Crippen LogP contribution < -0.4 is 16.4 Å². The number of nitrogens with two attached hydrogens (primary N) is 2. The number of nitrogen functional groups attached to an aromatic ring is 1. The first kappa shape index (κ1) is 14.1. The molecule has 0 fully saturated rings. The molecule has 0 aromatic heterocycles. The molecule has 2 aromatic rings. The van der Waals surface area contributed by atoms with Crippen LogP contribution >= 0.6 is 11.6 Å². The van der Waals surface area contributed by atoms with Gasteiger partial charge in [-0.2, -0.15) is 0 Å². The topological polar surface area (TPSA) is 72.3 Å². The summed E-state index contributed by atoms with van der Waals surface area (Å²) in [6.45, 7) is 0. The fourth-order valence-electron chi connectivity index (χ4n) is 1.99. The molecule has 104 valence electrons. The molecule has 4 N–H and O–H groups in total. The molecule has 1 amide bonds. The van der Waals surface area contributed by atoms with Gasteiger partial charge in [0.1, 0.15) is 5.82 Å². The molecule has 2 aromatic carbocycles. The van der Waals surface area contributed by atoms with Crippen molar-refractivity contribution in [3.05, 3.63) is 52.8 Å². The van der Waals surface area contributed by atoms with Gasteiger partial charge in [-0.3, -0.25) is 4.79 Å². The van der Waals surface area contributed by atoms with Crippen LogP contribution in [0.2, 0.25) is 5.02 Å². The zero-order valence-electron chi connectivity index (χ0n) is 10.7. The second kappa shape index (κ2) is 5.38. The highest BCUT2D eigenvalue weighted by molar-refractivity contribution is 6.34. The van der Waals surface area contributed by atoms with Crippen LogP contribution in [0.1, 0.15) is 10.4 Å². The average Bonchev–Trinajstić information content (AvgIpc) is 2.37. The normalized spacial score (nSPS) is 10.3. The first-order chi connectivity index (χ1) is 9.41. The van der Waals surface area contributed by atoms with Crippen molar-refractivity contribution in [3.63, 3.8) is 0 Å². The Morgan fingerprint density at radius 2 is 1.95 bits per heavy atom. The number of para-hydroxylation sites is 1. The Morgan fingerprint density at radius 1 is 1.30 bits per heavy atom. The first-order valence-electron chi connectivity index (χ1n) is 5.79. The molecule has 0 bridgehead atoms. The van der Waals surface area contributed by atoms with E-state index in [1.807, 2.05) is 0 Å². The molecule has 0 saturated carbocycles. The fraction of sp³-hybridized carbons (Fsp3) is 0.0714. The van der Waals surface area contributed by atoms with Crippen LogP contribution in [0.4, 0.5) is 21.5 Å². The molecular formula is C14H13ClFN3O. The van der Waals surface area contributed by atoms with E-state index in [1.165, 1.54) is 23.1 Å². The van der Waals surface area contributed by atoms with Gasteiger partial charge in [0, 0.05) is 12.7 Å². The van der Waals surface area contributed by atoms with Gasteiger partial charge in [-0.15, -0.1) is 0 Å². The lowest BCUT2D eigenvalue weighted by atomic mass is 10.1. The fourth-order valence-corrected chi connectivity index (χ4v) is 2.35. The zero-order chi connectivity index (χ0) is 14.9. The number of carbonyl (C=O) groups is 1. The maximum absolute atomic E-state index is 13.8. The van der Waals surface area contributed by atoms with E-state index < -0.39 is 11.7 Å². The van der Waals surface area contributed by atoms with Crippen molar-refractivity contribution in [3.8, 4) is 0 Å². The Morgan fingerprint density at radius 3 is 2.55 bits per heavy atom. The molecule has 2 rings (SSSR count). The number of primary amides is 1. The summed E-state index contributed by atoms with van der Waals surface area (Å²) in [5.74, 6) is -1.12. The van der Waals surface area contributed by atoms with Crippen LogP contribution in [0.25, 0.3) is 0 Å². The van der Waals surface area contributed by atoms with Gasteiger partial charge in [-0.05, 0) is 24.3 Å². The second-order valence-electron chi connectivity index (χ2n) is 4.27. The summed E-state index contributed by atoms with van der Waals surface area (Å²) in [5, 5.41) is 0.226. The summed E-state index contributed by atoms with van der Waals surface area (Å²) in [7, 11) is 1.60.